The first-order valence-corrected chi connectivity index (χ1v) is 7.56. The standard InChI is InChI=1S/C16H21FN2O2/c17-14-4-2-1-3-13(14)9-18-16(20)11-19-7-8-21-15(10-19)12-5-6-12/h1-4,12,15H,5-11H2,(H,18,20). The first kappa shape index (κ1) is 14.5. The van der Waals surface area contributed by atoms with E-state index in [-0.39, 0.29) is 24.4 Å². The SMILES string of the molecule is O=C(CN1CCOC(C2CC2)C1)NCc1ccccc1F. The van der Waals surface area contributed by atoms with Crippen LogP contribution in [-0.4, -0.2) is 43.2 Å². The lowest BCUT2D eigenvalue weighted by atomic mass is 10.2. The molecule has 3 rings (SSSR count). The van der Waals surface area contributed by atoms with E-state index in [1.165, 1.54) is 18.9 Å². The van der Waals surface area contributed by atoms with E-state index in [9.17, 15) is 9.18 Å². The third-order valence-electron chi connectivity index (χ3n) is 4.13. The lowest BCUT2D eigenvalue weighted by Gasteiger charge is -2.32. The van der Waals surface area contributed by atoms with Crippen molar-refractivity contribution < 1.29 is 13.9 Å². The van der Waals surface area contributed by atoms with Crippen molar-refractivity contribution in [1.29, 1.82) is 0 Å². The molecule has 1 aliphatic carbocycles. The Hall–Kier alpha value is -1.46. The summed E-state index contributed by atoms with van der Waals surface area (Å²) in [6.45, 7) is 2.92. The van der Waals surface area contributed by atoms with Gasteiger partial charge in [-0.1, -0.05) is 18.2 Å². The number of hydrogen-bond acceptors (Lipinski definition) is 3. The Bertz CT molecular complexity index is 505. The van der Waals surface area contributed by atoms with Gasteiger partial charge in [-0.25, -0.2) is 4.39 Å². The normalized spacial score (nSPS) is 23.0. The summed E-state index contributed by atoms with van der Waals surface area (Å²) in [5, 5.41) is 2.79. The maximum Gasteiger partial charge on any atom is 0.234 e. The summed E-state index contributed by atoms with van der Waals surface area (Å²) in [4.78, 5) is 14.1. The molecule has 1 aromatic rings. The highest BCUT2D eigenvalue weighted by Crippen LogP contribution is 2.35. The molecular weight excluding hydrogens is 271 g/mol. The van der Waals surface area contributed by atoms with E-state index in [1.54, 1.807) is 18.2 Å². The monoisotopic (exact) mass is 292 g/mol. The molecule has 1 atom stereocenters. The van der Waals surface area contributed by atoms with Crippen LogP contribution in [0.1, 0.15) is 18.4 Å². The zero-order chi connectivity index (χ0) is 14.7. The van der Waals surface area contributed by atoms with Gasteiger partial charge in [0.2, 0.25) is 5.91 Å². The van der Waals surface area contributed by atoms with Crippen molar-refractivity contribution in [1.82, 2.24) is 10.2 Å². The van der Waals surface area contributed by atoms with Crippen LogP contribution in [-0.2, 0) is 16.1 Å². The molecule has 4 nitrogen and oxygen atoms in total. The highest BCUT2D eigenvalue weighted by Gasteiger charge is 2.35. The predicted octanol–water partition coefficient (Wildman–Crippen LogP) is 1.55. The summed E-state index contributed by atoms with van der Waals surface area (Å²) in [6, 6.07) is 6.51. The van der Waals surface area contributed by atoms with Crippen LogP contribution in [0.5, 0.6) is 0 Å². The molecule has 1 aromatic carbocycles. The van der Waals surface area contributed by atoms with Crippen molar-refractivity contribution in [3.05, 3.63) is 35.6 Å². The molecule has 0 aromatic heterocycles. The molecular formula is C16H21FN2O2. The molecule has 0 bridgehead atoms. The predicted molar refractivity (Wildman–Crippen MR) is 77.2 cm³/mol. The van der Waals surface area contributed by atoms with Gasteiger partial charge in [-0.05, 0) is 24.8 Å². The van der Waals surface area contributed by atoms with Gasteiger partial charge in [0.25, 0.3) is 0 Å². The lowest BCUT2D eigenvalue weighted by molar-refractivity contribution is -0.124. The van der Waals surface area contributed by atoms with E-state index < -0.39 is 0 Å². The molecule has 0 radical (unpaired) electrons. The van der Waals surface area contributed by atoms with Gasteiger partial charge in [-0.3, -0.25) is 9.69 Å². The number of halogens is 1. The van der Waals surface area contributed by atoms with Crippen LogP contribution in [0.25, 0.3) is 0 Å². The van der Waals surface area contributed by atoms with Gasteiger partial charge in [0.05, 0.1) is 19.3 Å². The molecule has 1 heterocycles. The van der Waals surface area contributed by atoms with Gasteiger partial charge in [-0.15, -0.1) is 0 Å². The number of nitrogens with zero attached hydrogens (tertiary/aromatic N) is 1. The number of rotatable bonds is 5. The average Bonchev–Trinajstić information content (AvgIpc) is 3.31. The fraction of sp³-hybridized carbons (Fsp3) is 0.562. The number of amides is 1. The van der Waals surface area contributed by atoms with E-state index in [0.29, 0.717) is 24.6 Å². The second-order valence-electron chi connectivity index (χ2n) is 5.85. The first-order valence-electron chi connectivity index (χ1n) is 7.56. The second kappa shape index (κ2) is 6.54. The third kappa shape index (κ3) is 4.02. The summed E-state index contributed by atoms with van der Waals surface area (Å²) in [6.07, 6.45) is 2.79. The molecule has 0 spiro atoms. The number of carbonyl (C=O) groups excluding carboxylic acids is 1. The fourth-order valence-electron chi connectivity index (χ4n) is 2.72. The maximum absolute atomic E-state index is 13.5. The highest BCUT2D eigenvalue weighted by atomic mass is 19.1. The molecule has 1 aliphatic heterocycles. The molecule has 1 unspecified atom stereocenters. The van der Waals surface area contributed by atoms with Crippen LogP contribution in [0.4, 0.5) is 4.39 Å². The number of carbonyl (C=O) groups is 1. The molecule has 2 aliphatic rings. The Labute approximate surface area is 124 Å². The summed E-state index contributed by atoms with van der Waals surface area (Å²) in [7, 11) is 0. The number of ether oxygens (including phenoxy) is 1. The quantitative estimate of drug-likeness (QED) is 0.895. The van der Waals surface area contributed by atoms with E-state index in [2.05, 4.69) is 10.2 Å². The minimum absolute atomic E-state index is 0.0605. The molecule has 1 saturated heterocycles. The van der Waals surface area contributed by atoms with E-state index in [4.69, 9.17) is 4.74 Å². The van der Waals surface area contributed by atoms with Crippen LogP contribution in [0, 0.1) is 11.7 Å². The van der Waals surface area contributed by atoms with E-state index >= 15 is 0 Å². The van der Waals surface area contributed by atoms with Crippen LogP contribution >= 0.6 is 0 Å². The molecule has 1 saturated carbocycles. The number of benzene rings is 1. The van der Waals surface area contributed by atoms with Crippen LogP contribution in [0.2, 0.25) is 0 Å². The highest BCUT2D eigenvalue weighted by molar-refractivity contribution is 5.78. The third-order valence-corrected chi connectivity index (χ3v) is 4.13. The summed E-state index contributed by atoms with van der Waals surface area (Å²) in [5.74, 6) is 0.349. The van der Waals surface area contributed by atoms with Gasteiger partial charge in [0, 0.05) is 25.2 Å². The molecule has 1 amide bonds. The van der Waals surface area contributed by atoms with Crippen molar-refractivity contribution in [2.24, 2.45) is 5.92 Å². The van der Waals surface area contributed by atoms with Gasteiger partial charge < -0.3 is 10.1 Å². The van der Waals surface area contributed by atoms with Crippen LogP contribution in [0.15, 0.2) is 24.3 Å². The molecule has 1 N–H and O–H groups in total. The smallest absolute Gasteiger partial charge is 0.234 e. The van der Waals surface area contributed by atoms with Crippen LogP contribution < -0.4 is 5.32 Å². The Kier molecular flexibility index (Phi) is 4.51. The van der Waals surface area contributed by atoms with Gasteiger partial charge >= 0.3 is 0 Å². The van der Waals surface area contributed by atoms with Crippen molar-refractivity contribution in [2.45, 2.75) is 25.5 Å². The molecule has 21 heavy (non-hydrogen) atoms. The topological polar surface area (TPSA) is 41.6 Å². The second-order valence-corrected chi connectivity index (χ2v) is 5.85. The van der Waals surface area contributed by atoms with Crippen molar-refractivity contribution in [2.75, 3.05) is 26.2 Å². The Balaban J connectivity index is 1.44. The zero-order valence-corrected chi connectivity index (χ0v) is 12.1. The summed E-state index contributed by atoms with van der Waals surface area (Å²) >= 11 is 0. The van der Waals surface area contributed by atoms with E-state index in [0.717, 1.165) is 13.1 Å². The largest absolute Gasteiger partial charge is 0.375 e. The molecule has 5 heteroatoms. The number of morpholine rings is 1. The minimum Gasteiger partial charge on any atom is -0.375 e. The minimum atomic E-state index is -0.280. The Morgan fingerprint density at radius 2 is 2.19 bits per heavy atom. The Morgan fingerprint density at radius 1 is 1.38 bits per heavy atom. The average molecular weight is 292 g/mol. The van der Waals surface area contributed by atoms with Crippen molar-refractivity contribution in [3.63, 3.8) is 0 Å². The van der Waals surface area contributed by atoms with Crippen molar-refractivity contribution in [3.8, 4) is 0 Å². The summed E-state index contributed by atoms with van der Waals surface area (Å²) in [5.41, 5.74) is 0.517. The molecule has 114 valence electrons. The fourth-order valence-corrected chi connectivity index (χ4v) is 2.72. The van der Waals surface area contributed by atoms with Gasteiger partial charge in [0.15, 0.2) is 0 Å². The van der Waals surface area contributed by atoms with Gasteiger partial charge in [-0.2, -0.15) is 0 Å². The first-order chi connectivity index (χ1) is 10.2. The molecule has 2 fully saturated rings. The number of nitrogens with one attached hydrogen (secondary N) is 1. The zero-order valence-electron chi connectivity index (χ0n) is 12.1. The Morgan fingerprint density at radius 3 is 2.95 bits per heavy atom. The lowest BCUT2D eigenvalue weighted by Crippen LogP contribution is -2.47. The maximum atomic E-state index is 13.5. The summed E-state index contributed by atoms with van der Waals surface area (Å²) < 4.78 is 19.2. The van der Waals surface area contributed by atoms with Crippen LogP contribution in [0.3, 0.4) is 0 Å². The van der Waals surface area contributed by atoms with E-state index in [1.807, 2.05) is 0 Å². The van der Waals surface area contributed by atoms with Gasteiger partial charge in [0.1, 0.15) is 5.82 Å². The van der Waals surface area contributed by atoms with Crippen molar-refractivity contribution >= 4 is 5.91 Å². The number of hydrogen-bond donors (Lipinski definition) is 1.